The maximum Gasteiger partial charge on any atom is 0.416 e. The molecule has 0 radical (unpaired) electrons. The molecule has 0 fully saturated rings. The summed E-state index contributed by atoms with van der Waals surface area (Å²) < 4.78 is 71.5. The highest BCUT2D eigenvalue weighted by atomic mass is 19.4. The first-order valence-corrected chi connectivity index (χ1v) is 13.3. The number of carbonyl (C=O) groups is 1. The molecule has 0 bridgehead atoms. The molecule has 228 valence electrons. The van der Waals surface area contributed by atoms with Gasteiger partial charge in [0.05, 0.1) is 69.7 Å². The molecule has 0 unspecified atom stereocenters. The Morgan fingerprint density at radius 1 is 0.690 bits per heavy atom. The van der Waals surface area contributed by atoms with Gasteiger partial charge in [0, 0.05) is 11.4 Å². The molecule has 0 spiro atoms. The van der Waals surface area contributed by atoms with Gasteiger partial charge in [0.25, 0.3) is 0 Å². The second-order valence-electron chi connectivity index (χ2n) is 8.75. The van der Waals surface area contributed by atoms with Gasteiger partial charge in [-0.1, -0.05) is 18.2 Å². The SMILES string of the molecule is Nc1ccc(OCCOCCOCCOCCOCCOC(=O)c2ccccc2Nc2cccc(C(F)(F)F)c2)cc1. The van der Waals surface area contributed by atoms with Gasteiger partial charge in [0.15, 0.2) is 0 Å². The van der Waals surface area contributed by atoms with Crippen LogP contribution in [-0.4, -0.2) is 72.0 Å². The van der Waals surface area contributed by atoms with Crippen molar-refractivity contribution in [1.82, 2.24) is 0 Å². The van der Waals surface area contributed by atoms with Crippen molar-refractivity contribution < 1.29 is 46.4 Å². The summed E-state index contributed by atoms with van der Waals surface area (Å²) in [5.41, 5.74) is 6.23. The average molecular weight is 593 g/mol. The fourth-order valence-electron chi connectivity index (χ4n) is 3.51. The number of benzene rings is 3. The van der Waals surface area contributed by atoms with Crippen LogP contribution < -0.4 is 15.8 Å². The monoisotopic (exact) mass is 592 g/mol. The zero-order valence-corrected chi connectivity index (χ0v) is 23.1. The first-order chi connectivity index (χ1) is 20.3. The molecule has 0 atom stereocenters. The second-order valence-corrected chi connectivity index (χ2v) is 8.75. The summed E-state index contributed by atoms with van der Waals surface area (Å²) in [5.74, 6) is 0.112. The highest BCUT2D eigenvalue weighted by Gasteiger charge is 2.30. The van der Waals surface area contributed by atoms with Crippen molar-refractivity contribution in [3.8, 4) is 5.75 Å². The van der Waals surface area contributed by atoms with Crippen LogP contribution in [0.2, 0.25) is 0 Å². The van der Waals surface area contributed by atoms with E-state index in [0.29, 0.717) is 64.2 Å². The molecule has 0 aromatic heterocycles. The van der Waals surface area contributed by atoms with Crippen LogP contribution in [0, 0.1) is 0 Å². The minimum absolute atomic E-state index is 0.00482. The van der Waals surface area contributed by atoms with Gasteiger partial charge in [-0.05, 0) is 54.6 Å². The lowest BCUT2D eigenvalue weighted by atomic mass is 10.1. The molecule has 0 aliphatic heterocycles. The van der Waals surface area contributed by atoms with E-state index in [1.54, 1.807) is 42.5 Å². The van der Waals surface area contributed by atoms with Crippen molar-refractivity contribution in [2.24, 2.45) is 0 Å². The number of para-hydroxylation sites is 1. The van der Waals surface area contributed by atoms with Crippen LogP contribution in [0.4, 0.5) is 30.2 Å². The number of hydrogen-bond donors (Lipinski definition) is 2. The number of nitrogen functional groups attached to an aromatic ring is 1. The van der Waals surface area contributed by atoms with Gasteiger partial charge in [-0.2, -0.15) is 13.2 Å². The first kappa shape index (κ1) is 32.7. The molecule has 9 nitrogen and oxygen atoms in total. The first-order valence-electron chi connectivity index (χ1n) is 13.3. The molecule has 12 heteroatoms. The Labute approximate surface area is 242 Å². The fraction of sp³-hybridized carbons (Fsp3) is 0.367. The Morgan fingerprint density at radius 2 is 1.26 bits per heavy atom. The summed E-state index contributed by atoms with van der Waals surface area (Å²) in [4.78, 5) is 12.5. The van der Waals surface area contributed by atoms with Crippen LogP contribution in [0.3, 0.4) is 0 Å². The second kappa shape index (κ2) is 17.9. The number of anilines is 3. The number of ether oxygens (including phenoxy) is 6. The normalized spacial score (nSPS) is 11.3. The van der Waals surface area contributed by atoms with Gasteiger partial charge < -0.3 is 39.5 Å². The number of nitrogens with two attached hydrogens (primary N) is 1. The molecule has 0 heterocycles. The van der Waals surface area contributed by atoms with Crippen LogP contribution >= 0.6 is 0 Å². The molecule has 0 aliphatic rings. The molecule has 0 amide bonds. The molecule has 0 saturated heterocycles. The molecular weight excluding hydrogens is 557 g/mol. The van der Waals surface area contributed by atoms with E-state index in [-0.39, 0.29) is 24.5 Å². The summed E-state index contributed by atoms with van der Waals surface area (Å²) in [7, 11) is 0. The van der Waals surface area contributed by atoms with Gasteiger partial charge in [0.2, 0.25) is 0 Å². The smallest absolute Gasteiger partial charge is 0.416 e. The van der Waals surface area contributed by atoms with E-state index < -0.39 is 17.7 Å². The minimum atomic E-state index is -4.47. The van der Waals surface area contributed by atoms with Crippen LogP contribution in [0.5, 0.6) is 5.75 Å². The number of nitrogens with one attached hydrogen (secondary N) is 1. The number of carbonyl (C=O) groups excluding carboxylic acids is 1. The van der Waals surface area contributed by atoms with Crippen molar-refractivity contribution in [2.45, 2.75) is 6.18 Å². The summed E-state index contributed by atoms with van der Waals surface area (Å²) in [5, 5.41) is 2.85. The van der Waals surface area contributed by atoms with Gasteiger partial charge in [0.1, 0.15) is 19.0 Å². The lowest BCUT2D eigenvalue weighted by Crippen LogP contribution is -2.15. The third-order valence-corrected chi connectivity index (χ3v) is 5.57. The molecule has 3 N–H and O–H groups in total. The molecule has 3 aromatic carbocycles. The van der Waals surface area contributed by atoms with Crippen molar-refractivity contribution in [3.63, 3.8) is 0 Å². The Bertz CT molecular complexity index is 1210. The van der Waals surface area contributed by atoms with E-state index in [0.717, 1.165) is 17.9 Å². The molecule has 0 saturated carbocycles. The zero-order valence-electron chi connectivity index (χ0n) is 23.1. The third-order valence-electron chi connectivity index (χ3n) is 5.57. The largest absolute Gasteiger partial charge is 0.491 e. The van der Waals surface area contributed by atoms with E-state index in [4.69, 9.17) is 34.2 Å². The molecule has 3 aromatic rings. The summed E-state index contributed by atoms with van der Waals surface area (Å²) in [6.45, 7) is 3.39. The topological polar surface area (TPSA) is 111 Å². The molecular formula is C30H35F3N2O7. The lowest BCUT2D eigenvalue weighted by molar-refractivity contribution is -0.137. The van der Waals surface area contributed by atoms with Crippen molar-refractivity contribution in [1.29, 1.82) is 0 Å². The number of rotatable bonds is 19. The summed E-state index contributed by atoms with van der Waals surface area (Å²) >= 11 is 0. The Morgan fingerprint density at radius 3 is 1.88 bits per heavy atom. The number of esters is 1. The van der Waals surface area contributed by atoms with Crippen molar-refractivity contribution in [2.75, 3.05) is 77.1 Å². The van der Waals surface area contributed by atoms with Crippen molar-refractivity contribution in [3.05, 3.63) is 83.9 Å². The minimum Gasteiger partial charge on any atom is -0.491 e. The van der Waals surface area contributed by atoms with Gasteiger partial charge in [-0.25, -0.2) is 4.79 Å². The van der Waals surface area contributed by atoms with Crippen LogP contribution in [-0.2, 0) is 29.9 Å². The maximum absolute atomic E-state index is 13.0. The van der Waals surface area contributed by atoms with Gasteiger partial charge in [-0.15, -0.1) is 0 Å². The Hall–Kier alpha value is -3.84. The lowest BCUT2D eigenvalue weighted by Gasteiger charge is -2.13. The summed E-state index contributed by atoms with van der Waals surface area (Å²) in [6.07, 6.45) is -4.47. The number of halogens is 3. The molecule has 0 aliphatic carbocycles. The third kappa shape index (κ3) is 12.4. The number of hydrogen-bond acceptors (Lipinski definition) is 9. The quantitative estimate of drug-likeness (QED) is 0.108. The maximum atomic E-state index is 13.0. The average Bonchev–Trinajstić information content (AvgIpc) is 2.97. The van der Waals surface area contributed by atoms with E-state index in [1.807, 2.05) is 0 Å². The Balaban J connectivity index is 1.18. The predicted octanol–water partition coefficient (Wildman–Crippen LogP) is 5.33. The standard InChI is InChI=1S/C30H35F3N2O7/c31-30(32,33)23-4-3-5-25(22-23)35-28-7-2-1-6-27(28)29(36)42-21-19-40-17-15-38-13-12-37-14-16-39-18-20-41-26-10-8-24(34)9-11-26/h1-11,22,35H,12-21,34H2. The van der Waals surface area contributed by atoms with Gasteiger partial charge >= 0.3 is 12.1 Å². The van der Waals surface area contributed by atoms with E-state index in [2.05, 4.69) is 5.32 Å². The van der Waals surface area contributed by atoms with Crippen LogP contribution in [0.25, 0.3) is 0 Å². The van der Waals surface area contributed by atoms with Crippen LogP contribution in [0.15, 0.2) is 72.8 Å². The van der Waals surface area contributed by atoms with E-state index in [1.165, 1.54) is 18.2 Å². The fourth-order valence-corrected chi connectivity index (χ4v) is 3.51. The highest BCUT2D eigenvalue weighted by Crippen LogP contribution is 2.32. The van der Waals surface area contributed by atoms with E-state index in [9.17, 15) is 18.0 Å². The molecule has 42 heavy (non-hydrogen) atoms. The van der Waals surface area contributed by atoms with Crippen molar-refractivity contribution >= 4 is 23.0 Å². The van der Waals surface area contributed by atoms with Gasteiger partial charge in [-0.3, -0.25) is 0 Å². The molecule has 3 rings (SSSR count). The highest BCUT2D eigenvalue weighted by molar-refractivity contribution is 5.96. The predicted molar refractivity (Wildman–Crippen MR) is 151 cm³/mol. The summed E-state index contributed by atoms with van der Waals surface area (Å²) in [6, 6.07) is 18.3. The number of alkyl halides is 3. The zero-order chi connectivity index (χ0) is 30.0. The Kier molecular flexibility index (Phi) is 13.9. The van der Waals surface area contributed by atoms with E-state index >= 15 is 0 Å². The van der Waals surface area contributed by atoms with Crippen LogP contribution in [0.1, 0.15) is 15.9 Å².